The van der Waals surface area contributed by atoms with Crippen molar-refractivity contribution in [3.05, 3.63) is 113 Å². The lowest BCUT2D eigenvalue weighted by Gasteiger charge is -2.32. The third kappa shape index (κ3) is 7.94. The lowest BCUT2D eigenvalue weighted by Crippen LogP contribution is -2.42. The van der Waals surface area contributed by atoms with E-state index in [1.807, 2.05) is 44.2 Å². The van der Waals surface area contributed by atoms with Gasteiger partial charge in [0.05, 0.1) is 12.9 Å². The standard InChI is InChI=1S/C33H35FN4O3S/c1-21(2)24-10-12-25(13-11-24)31(32(40)37-27-14-16-28(41-5)17-15-27)38(19-26-8-6-7-9-29(26)34)30(39)20-42-33-35-22(3)18-23(4)36-33/h6-18,21,31H,19-20H2,1-5H3,(H,37,40). The van der Waals surface area contributed by atoms with Crippen LogP contribution in [-0.2, 0) is 16.1 Å². The van der Waals surface area contributed by atoms with Crippen LogP contribution in [-0.4, -0.2) is 39.5 Å². The van der Waals surface area contributed by atoms with Crippen molar-refractivity contribution in [1.82, 2.24) is 14.9 Å². The maximum Gasteiger partial charge on any atom is 0.251 e. The zero-order valence-electron chi connectivity index (χ0n) is 24.4. The fourth-order valence-electron chi connectivity index (χ4n) is 4.52. The molecule has 1 unspecified atom stereocenters. The van der Waals surface area contributed by atoms with Gasteiger partial charge in [0, 0.05) is 29.2 Å². The molecule has 4 rings (SSSR count). The molecule has 42 heavy (non-hydrogen) atoms. The van der Waals surface area contributed by atoms with Crippen molar-refractivity contribution in [3.8, 4) is 5.75 Å². The summed E-state index contributed by atoms with van der Waals surface area (Å²) in [7, 11) is 1.57. The molecule has 0 spiro atoms. The number of anilines is 1. The number of hydrogen-bond acceptors (Lipinski definition) is 6. The lowest BCUT2D eigenvalue weighted by atomic mass is 9.97. The first-order valence-corrected chi connectivity index (χ1v) is 14.7. The molecule has 0 saturated heterocycles. The number of ether oxygens (including phenoxy) is 1. The molecule has 1 N–H and O–H groups in total. The zero-order chi connectivity index (χ0) is 30.2. The Morgan fingerprint density at radius 1 is 0.929 bits per heavy atom. The summed E-state index contributed by atoms with van der Waals surface area (Å²) < 4.78 is 20.1. The number of carbonyl (C=O) groups excluding carboxylic acids is 2. The molecule has 0 aliphatic heterocycles. The van der Waals surface area contributed by atoms with Gasteiger partial charge in [0.1, 0.15) is 17.6 Å². The van der Waals surface area contributed by atoms with Crippen molar-refractivity contribution in [2.45, 2.75) is 51.4 Å². The Labute approximate surface area is 250 Å². The van der Waals surface area contributed by atoms with E-state index in [9.17, 15) is 14.0 Å². The number of rotatable bonds is 11. The molecule has 7 nitrogen and oxygen atoms in total. The van der Waals surface area contributed by atoms with Gasteiger partial charge in [-0.05, 0) is 67.3 Å². The summed E-state index contributed by atoms with van der Waals surface area (Å²) in [5.41, 5.74) is 4.15. The number of amides is 2. The predicted molar refractivity (Wildman–Crippen MR) is 164 cm³/mol. The van der Waals surface area contributed by atoms with Crippen LogP contribution in [0.3, 0.4) is 0 Å². The fourth-order valence-corrected chi connectivity index (χ4v) is 5.36. The van der Waals surface area contributed by atoms with Gasteiger partial charge < -0.3 is 15.0 Å². The van der Waals surface area contributed by atoms with Crippen LogP contribution in [0, 0.1) is 19.7 Å². The second-order valence-electron chi connectivity index (χ2n) is 10.3. The highest BCUT2D eigenvalue weighted by Gasteiger charge is 2.32. The molecule has 9 heteroatoms. The highest BCUT2D eigenvalue weighted by Crippen LogP contribution is 2.29. The van der Waals surface area contributed by atoms with Crippen molar-refractivity contribution < 1.29 is 18.7 Å². The van der Waals surface area contributed by atoms with E-state index in [2.05, 4.69) is 29.1 Å². The molecule has 1 aromatic heterocycles. The Morgan fingerprint density at radius 3 is 2.14 bits per heavy atom. The van der Waals surface area contributed by atoms with Crippen molar-refractivity contribution >= 4 is 29.3 Å². The smallest absolute Gasteiger partial charge is 0.251 e. The largest absolute Gasteiger partial charge is 0.497 e. The highest BCUT2D eigenvalue weighted by molar-refractivity contribution is 7.99. The first kappa shape index (κ1) is 30.7. The molecule has 0 aliphatic carbocycles. The van der Waals surface area contributed by atoms with Crippen LogP contribution < -0.4 is 10.1 Å². The summed E-state index contributed by atoms with van der Waals surface area (Å²) >= 11 is 1.19. The van der Waals surface area contributed by atoms with Crippen molar-refractivity contribution in [2.24, 2.45) is 0 Å². The van der Waals surface area contributed by atoms with Crippen LogP contribution >= 0.6 is 11.8 Å². The molecule has 2 amide bonds. The number of halogens is 1. The number of nitrogens with one attached hydrogen (secondary N) is 1. The maximum atomic E-state index is 14.9. The summed E-state index contributed by atoms with van der Waals surface area (Å²) in [5, 5.41) is 3.41. The van der Waals surface area contributed by atoms with E-state index < -0.39 is 17.8 Å². The first-order valence-electron chi connectivity index (χ1n) is 13.7. The van der Waals surface area contributed by atoms with E-state index >= 15 is 0 Å². The summed E-state index contributed by atoms with van der Waals surface area (Å²) in [6.45, 7) is 7.80. The van der Waals surface area contributed by atoms with Gasteiger partial charge in [-0.25, -0.2) is 14.4 Å². The third-order valence-electron chi connectivity index (χ3n) is 6.74. The van der Waals surface area contributed by atoms with Gasteiger partial charge in [-0.2, -0.15) is 0 Å². The first-order chi connectivity index (χ1) is 20.1. The molecule has 0 fully saturated rings. The maximum absolute atomic E-state index is 14.9. The quantitative estimate of drug-likeness (QED) is 0.153. The van der Waals surface area contributed by atoms with Gasteiger partial charge in [-0.3, -0.25) is 9.59 Å². The molecular formula is C33H35FN4O3S. The molecule has 4 aromatic rings. The molecule has 218 valence electrons. The minimum atomic E-state index is -1.04. The Morgan fingerprint density at radius 2 is 1.55 bits per heavy atom. The van der Waals surface area contributed by atoms with E-state index in [0.29, 0.717) is 27.7 Å². The van der Waals surface area contributed by atoms with Crippen molar-refractivity contribution in [1.29, 1.82) is 0 Å². The highest BCUT2D eigenvalue weighted by atomic mass is 32.2. The van der Waals surface area contributed by atoms with Crippen LogP contribution in [0.5, 0.6) is 5.75 Å². The molecular weight excluding hydrogens is 551 g/mol. The lowest BCUT2D eigenvalue weighted by molar-refractivity contribution is -0.137. The summed E-state index contributed by atoms with van der Waals surface area (Å²) in [6.07, 6.45) is 0. The Balaban J connectivity index is 1.73. The van der Waals surface area contributed by atoms with Gasteiger partial charge in [-0.1, -0.05) is 68.1 Å². The predicted octanol–water partition coefficient (Wildman–Crippen LogP) is 6.87. The van der Waals surface area contributed by atoms with Gasteiger partial charge in [-0.15, -0.1) is 0 Å². The Hall–Kier alpha value is -4.24. The monoisotopic (exact) mass is 586 g/mol. The second kappa shape index (κ2) is 14.1. The fraction of sp³-hybridized carbons (Fsp3) is 0.273. The summed E-state index contributed by atoms with van der Waals surface area (Å²) in [6, 6.07) is 21.7. The molecule has 1 atom stereocenters. The minimum absolute atomic E-state index is 0.0340. The number of methoxy groups -OCH3 is 1. The number of nitrogens with zero attached hydrogens (tertiary/aromatic N) is 3. The third-order valence-corrected chi connectivity index (χ3v) is 7.57. The van der Waals surface area contributed by atoms with Gasteiger partial charge in [0.2, 0.25) is 5.91 Å². The minimum Gasteiger partial charge on any atom is -0.497 e. The van der Waals surface area contributed by atoms with E-state index in [-0.39, 0.29) is 24.1 Å². The Kier molecular flexibility index (Phi) is 10.3. The summed E-state index contributed by atoms with van der Waals surface area (Å²) in [4.78, 5) is 38.3. The van der Waals surface area contributed by atoms with Gasteiger partial charge in [0.25, 0.3) is 5.91 Å². The average Bonchev–Trinajstić information content (AvgIpc) is 2.96. The average molecular weight is 587 g/mol. The van der Waals surface area contributed by atoms with Crippen LogP contribution in [0.15, 0.2) is 84.0 Å². The van der Waals surface area contributed by atoms with Crippen LogP contribution in [0.25, 0.3) is 0 Å². The van der Waals surface area contributed by atoms with Crippen molar-refractivity contribution in [3.63, 3.8) is 0 Å². The SMILES string of the molecule is COc1ccc(NC(=O)C(c2ccc(C(C)C)cc2)N(Cc2ccccc2F)C(=O)CSc2nc(C)cc(C)n2)cc1. The summed E-state index contributed by atoms with van der Waals surface area (Å²) in [5.74, 6) is -0.325. The van der Waals surface area contributed by atoms with E-state index in [0.717, 1.165) is 17.0 Å². The van der Waals surface area contributed by atoms with Crippen LogP contribution in [0.1, 0.15) is 53.9 Å². The normalized spacial score (nSPS) is 11.7. The van der Waals surface area contributed by atoms with Crippen molar-refractivity contribution in [2.75, 3.05) is 18.2 Å². The number of hydrogen-bond donors (Lipinski definition) is 1. The molecule has 0 bridgehead atoms. The van der Waals surface area contributed by atoms with Gasteiger partial charge >= 0.3 is 0 Å². The van der Waals surface area contributed by atoms with Gasteiger partial charge in [0.15, 0.2) is 5.16 Å². The number of aromatic nitrogens is 2. The molecule has 0 aliphatic rings. The molecule has 0 radical (unpaired) electrons. The van der Waals surface area contributed by atoms with Crippen LogP contribution in [0.2, 0.25) is 0 Å². The number of thioether (sulfide) groups is 1. The topological polar surface area (TPSA) is 84.4 Å². The second-order valence-corrected chi connectivity index (χ2v) is 11.2. The number of aryl methyl sites for hydroxylation is 2. The zero-order valence-corrected chi connectivity index (χ0v) is 25.2. The number of carbonyl (C=O) groups is 2. The molecule has 3 aromatic carbocycles. The van der Waals surface area contributed by atoms with E-state index in [1.165, 1.54) is 22.7 Å². The van der Waals surface area contributed by atoms with Crippen LogP contribution in [0.4, 0.5) is 10.1 Å². The Bertz CT molecular complexity index is 1510. The van der Waals surface area contributed by atoms with E-state index in [4.69, 9.17) is 4.74 Å². The molecule has 0 saturated carbocycles. The van der Waals surface area contributed by atoms with E-state index in [1.54, 1.807) is 49.6 Å². The number of benzene rings is 3. The molecule has 1 heterocycles.